The number of aliphatic hydroxyl groups excluding tert-OH is 2. The lowest BCUT2D eigenvalue weighted by Gasteiger charge is -2.57. The van der Waals surface area contributed by atoms with Gasteiger partial charge < -0.3 is 10.2 Å². The van der Waals surface area contributed by atoms with Gasteiger partial charge in [0.1, 0.15) is 6.10 Å². The van der Waals surface area contributed by atoms with E-state index in [0.717, 1.165) is 36.1 Å². The van der Waals surface area contributed by atoms with Crippen molar-refractivity contribution >= 4 is 10.0 Å². The number of rotatable bonds is 4. The third kappa shape index (κ3) is 5.01. The van der Waals surface area contributed by atoms with E-state index in [-0.39, 0.29) is 24.6 Å². The van der Waals surface area contributed by atoms with Crippen LogP contribution >= 0.6 is 0 Å². The van der Waals surface area contributed by atoms with E-state index in [0.29, 0.717) is 18.0 Å². The highest BCUT2D eigenvalue weighted by molar-refractivity contribution is 7.89. The molecule has 2 fully saturated rings. The molecule has 2 aliphatic heterocycles. The smallest absolute Gasteiger partial charge is 0.243 e. The van der Waals surface area contributed by atoms with Gasteiger partial charge in [-0.15, -0.1) is 0 Å². The summed E-state index contributed by atoms with van der Waals surface area (Å²) in [5.74, 6) is 5.74. The Morgan fingerprint density at radius 1 is 1.12 bits per heavy atom. The van der Waals surface area contributed by atoms with Crippen LogP contribution in [0.2, 0.25) is 0 Å². The van der Waals surface area contributed by atoms with E-state index in [9.17, 15) is 18.6 Å². The van der Waals surface area contributed by atoms with Crippen molar-refractivity contribution in [3.05, 3.63) is 65.2 Å². The number of sulfonamides is 1. The average Bonchev–Trinajstić information content (AvgIpc) is 2.77. The number of nitrogens with zero attached hydrogens (tertiary/aromatic N) is 2. The molecular formula is C26H32N2O4S. The molecule has 0 amide bonds. The molecule has 4 rings (SSSR count). The molecule has 2 heterocycles. The Balaban J connectivity index is 1.61. The van der Waals surface area contributed by atoms with E-state index in [1.165, 1.54) is 0 Å². The number of aliphatic hydroxyl groups is 2. The summed E-state index contributed by atoms with van der Waals surface area (Å²) in [5, 5.41) is 19.5. The van der Waals surface area contributed by atoms with E-state index in [2.05, 4.69) is 16.7 Å². The van der Waals surface area contributed by atoms with Gasteiger partial charge in [-0.05, 0) is 68.6 Å². The first-order valence-electron chi connectivity index (χ1n) is 11.5. The summed E-state index contributed by atoms with van der Waals surface area (Å²) < 4.78 is 28.6. The van der Waals surface area contributed by atoms with Crippen LogP contribution in [0.3, 0.4) is 0 Å². The lowest BCUT2D eigenvalue weighted by molar-refractivity contribution is -0.0553. The van der Waals surface area contributed by atoms with Crippen LogP contribution in [0, 0.1) is 18.8 Å². The van der Waals surface area contributed by atoms with Gasteiger partial charge in [-0.2, -0.15) is 4.31 Å². The third-order valence-corrected chi connectivity index (χ3v) is 8.54. The largest absolute Gasteiger partial charge is 0.395 e. The Kier molecular flexibility index (Phi) is 7.22. The van der Waals surface area contributed by atoms with Crippen LogP contribution in [-0.4, -0.2) is 72.3 Å². The molecule has 2 aromatic carbocycles. The third-order valence-electron chi connectivity index (χ3n) is 6.68. The highest BCUT2D eigenvalue weighted by Crippen LogP contribution is 2.42. The van der Waals surface area contributed by atoms with Crippen LogP contribution in [0.4, 0.5) is 0 Å². The number of hydrogen-bond donors (Lipinski definition) is 2. The second-order valence-corrected chi connectivity index (χ2v) is 11.0. The van der Waals surface area contributed by atoms with E-state index < -0.39 is 16.1 Å². The maximum Gasteiger partial charge on any atom is 0.243 e. The molecule has 0 aliphatic carbocycles. The topological polar surface area (TPSA) is 81.1 Å². The van der Waals surface area contributed by atoms with Crippen LogP contribution in [-0.2, 0) is 10.0 Å². The average molecular weight is 469 g/mol. The van der Waals surface area contributed by atoms with Crippen molar-refractivity contribution in [2.24, 2.45) is 0 Å². The zero-order valence-corrected chi connectivity index (χ0v) is 20.0. The van der Waals surface area contributed by atoms with Crippen molar-refractivity contribution in [2.75, 3.05) is 26.2 Å². The Morgan fingerprint density at radius 2 is 1.85 bits per heavy atom. The number of benzene rings is 2. The van der Waals surface area contributed by atoms with Crippen molar-refractivity contribution in [3.8, 4) is 11.8 Å². The number of hydrogen-bond acceptors (Lipinski definition) is 5. The predicted molar refractivity (Wildman–Crippen MR) is 128 cm³/mol. The van der Waals surface area contributed by atoms with Gasteiger partial charge in [-0.1, -0.05) is 36.1 Å². The fourth-order valence-electron chi connectivity index (χ4n) is 5.03. The minimum Gasteiger partial charge on any atom is -0.395 e. The van der Waals surface area contributed by atoms with Crippen LogP contribution < -0.4 is 0 Å². The van der Waals surface area contributed by atoms with Crippen LogP contribution in [0.15, 0.2) is 53.4 Å². The zero-order chi connectivity index (χ0) is 23.6. The Hall–Kier alpha value is -2.21. The van der Waals surface area contributed by atoms with E-state index in [4.69, 9.17) is 0 Å². The molecule has 2 N–H and O–H groups in total. The molecule has 0 unspecified atom stereocenters. The van der Waals surface area contributed by atoms with Crippen LogP contribution in [0.5, 0.6) is 0 Å². The Bertz CT molecular complexity index is 1130. The lowest BCUT2D eigenvalue weighted by atomic mass is 9.74. The molecule has 33 heavy (non-hydrogen) atoms. The van der Waals surface area contributed by atoms with E-state index in [1.54, 1.807) is 29.4 Å². The van der Waals surface area contributed by atoms with Crippen molar-refractivity contribution in [1.82, 2.24) is 9.21 Å². The molecule has 0 saturated carbocycles. The molecule has 176 valence electrons. The highest BCUT2D eigenvalue weighted by Gasteiger charge is 2.50. The van der Waals surface area contributed by atoms with Gasteiger partial charge >= 0.3 is 0 Å². The van der Waals surface area contributed by atoms with Crippen molar-refractivity contribution in [1.29, 1.82) is 0 Å². The molecular weight excluding hydrogens is 436 g/mol. The molecule has 0 radical (unpaired) electrons. The maximum absolute atomic E-state index is 13.5. The van der Waals surface area contributed by atoms with E-state index >= 15 is 0 Å². The number of fused-ring (bicyclic) bond motifs is 1. The van der Waals surface area contributed by atoms with Crippen molar-refractivity contribution < 1.29 is 18.6 Å². The molecule has 2 saturated heterocycles. The molecule has 0 bridgehead atoms. The zero-order valence-electron chi connectivity index (χ0n) is 19.2. The molecule has 6 nitrogen and oxygen atoms in total. The normalized spacial score (nSPS) is 25.0. The summed E-state index contributed by atoms with van der Waals surface area (Å²) in [6.45, 7) is 5.34. The lowest BCUT2D eigenvalue weighted by Crippen LogP contribution is -2.67. The molecule has 0 spiro atoms. The van der Waals surface area contributed by atoms with Crippen LogP contribution in [0.1, 0.15) is 42.4 Å². The highest BCUT2D eigenvalue weighted by atomic mass is 32.2. The van der Waals surface area contributed by atoms with Crippen LogP contribution in [0.25, 0.3) is 0 Å². The molecule has 2 aromatic rings. The van der Waals surface area contributed by atoms with Gasteiger partial charge in [0.2, 0.25) is 10.0 Å². The Morgan fingerprint density at radius 3 is 2.52 bits per heavy atom. The first-order valence-corrected chi connectivity index (χ1v) is 13.0. The van der Waals surface area contributed by atoms with Crippen molar-refractivity contribution in [3.63, 3.8) is 0 Å². The molecule has 0 aromatic heterocycles. The van der Waals surface area contributed by atoms with E-state index in [1.807, 2.05) is 37.3 Å². The standard InChI is InChI=1S/C26H32N2O4S/c1-19-6-5-7-23(16-19)33(31,32)27-14-3-4-15-28-24(17-27)26(25(28)18-29)22-12-10-21(11-13-22)9-8-20(2)30/h5-7,10-13,16,20,24-26,29-30H,3-4,14-15,17-18H2,1-2H3/t20-,24-,25-,26+/m1/s1. The monoisotopic (exact) mass is 468 g/mol. The second kappa shape index (κ2) is 9.96. The SMILES string of the molecule is Cc1cccc(S(=O)(=O)N2CCCCN3[C@H](CO)[C@@H](c4ccc(C#C[C@@H](C)O)cc4)[C@H]3C2)c1. The van der Waals surface area contributed by atoms with Gasteiger partial charge in [0.05, 0.1) is 11.5 Å². The van der Waals surface area contributed by atoms with Gasteiger partial charge in [0.25, 0.3) is 0 Å². The number of aryl methyl sites for hydroxylation is 1. The van der Waals surface area contributed by atoms with Gasteiger partial charge in [-0.25, -0.2) is 8.42 Å². The quantitative estimate of drug-likeness (QED) is 0.674. The van der Waals surface area contributed by atoms with Gasteiger partial charge in [-0.3, -0.25) is 4.90 Å². The summed E-state index contributed by atoms with van der Waals surface area (Å²) in [5.41, 5.74) is 2.81. The second-order valence-electron chi connectivity index (χ2n) is 9.03. The first kappa shape index (κ1) is 23.9. The molecule has 7 heteroatoms. The summed E-state index contributed by atoms with van der Waals surface area (Å²) in [4.78, 5) is 2.61. The maximum atomic E-state index is 13.5. The summed E-state index contributed by atoms with van der Waals surface area (Å²) in [7, 11) is -3.60. The summed E-state index contributed by atoms with van der Waals surface area (Å²) in [6, 6.07) is 14.9. The van der Waals surface area contributed by atoms with Crippen molar-refractivity contribution in [2.45, 2.75) is 55.7 Å². The summed E-state index contributed by atoms with van der Waals surface area (Å²) >= 11 is 0. The molecule has 2 aliphatic rings. The van der Waals surface area contributed by atoms with Gasteiger partial charge in [0, 0.05) is 36.7 Å². The first-order chi connectivity index (χ1) is 15.8. The minimum atomic E-state index is -3.60. The fraction of sp³-hybridized carbons (Fsp3) is 0.462. The molecule has 4 atom stereocenters. The minimum absolute atomic E-state index is 0.0106. The van der Waals surface area contributed by atoms with Gasteiger partial charge in [0.15, 0.2) is 0 Å². The predicted octanol–water partition coefficient (Wildman–Crippen LogP) is 2.34. The Labute approximate surface area is 196 Å². The fourth-order valence-corrected chi connectivity index (χ4v) is 6.63. The summed E-state index contributed by atoms with van der Waals surface area (Å²) in [6.07, 6.45) is 1.01.